The van der Waals surface area contributed by atoms with Gasteiger partial charge in [-0.15, -0.1) is 0 Å². The average Bonchev–Trinajstić information content (AvgIpc) is 2.82. The van der Waals surface area contributed by atoms with Crippen molar-refractivity contribution in [3.8, 4) is 0 Å². The highest BCUT2D eigenvalue weighted by Crippen LogP contribution is 2.25. The Bertz CT molecular complexity index is 1230. The fourth-order valence-electron chi connectivity index (χ4n) is 3.53. The summed E-state index contributed by atoms with van der Waals surface area (Å²) in [6, 6.07) is 20.3. The van der Waals surface area contributed by atoms with Crippen molar-refractivity contribution < 1.29 is 17.6 Å². The number of anilines is 1. The lowest BCUT2D eigenvalue weighted by Gasteiger charge is -2.27. The first-order chi connectivity index (χ1) is 16.1. The third-order valence-corrected chi connectivity index (χ3v) is 7.40. The summed E-state index contributed by atoms with van der Waals surface area (Å²) >= 11 is 0. The van der Waals surface area contributed by atoms with E-state index in [-0.39, 0.29) is 24.2 Å². The van der Waals surface area contributed by atoms with Crippen molar-refractivity contribution in [2.75, 3.05) is 18.4 Å². The number of amides is 1. The molecule has 8 heteroatoms. The van der Waals surface area contributed by atoms with Gasteiger partial charge in [0.1, 0.15) is 5.82 Å². The van der Waals surface area contributed by atoms with Crippen LogP contribution in [0.2, 0.25) is 0 Å². The van der Waals surface area contributed by atoms with Gasteiger partial charge in [-0.3, -0.25) is 9.10 Å². The van der Waals surface area contributed by atoms with E-state index < -0.39 is 16.0 Å². The average molecular weight is 484 g/mol. The van der Waals surface area contributed by atoms with Gasteiger partial charge >= 0.3 is 10.2 Å². The topological polar surface area (TPSA) is 69.7 Å². The normalized spacial score (nSPS) is 12.4. The number of nitrogens with one attached hydrogen (secondary N) is 1. The van der Waals surface area contributed by atoms with Gasteiger partial charge in [-0.1, -0.05) is 61.0 Å². The molecule has 3 aromatic rings. The summed E-state index contributed by atoms with van der Waals surface area (Å²) in [5.41, 5.74) is 3.23. The van der Waals surface area contributed by atoms with Gasteiger partial charge in [0.05, 0.1) is 18.3 Å². The van der Waals surface area contributed by atoms with Crippen LogP contribution in [-0.4, -0.2) is 32.7 Å². The van der Waals surface area contributed by atoms with Crippen molar-refractivity contribution >= 4 is 21.8 Å². The minimum absolute atomic E-state index is 0.0399. The van der Waals surface area contributed by atoms with Gasteiger partial charge < -0.3 is 5.32 Å². The van der Waals surface area contributed by atoms with E-state index in [0.717, 1.165) is 26.2 Å². The third kappa shape index (κ3) is 5.81. The van der Waals surface area contributed by atoms with Crippen LogP contribution >= 0.6 is 0 Å². The summed E-state index contributed by atoms with van der Waals surface area (Å²) < 4.78 is 42.3. The van der Waals surface area contributed by atoms with Gasteiger partial charge in [0, 0.05) is 19.7 Å². The highest BCUT2D eigenvalue weighted by atomic mass is 32.2. The van der Waals surface area contributed by atoms with Gasteiger partial charge in [0.15, 0.2) is 0 Å². The number of benzene rings is 3. The van der Waals surface area contributed by atoms with E-state index in [1.54, 1.807) is 30.3 Å². The molecule has 6 nitrogen and oxygen atoms in total. The van der Waals surface area contributed by atoms with Gasteiger partial charge in [-0.05, 0) is 48.7 Å². The molecule has 3 aromatic carbocycles. The zero-order valence-electron chi connectivity index (χ0n) is 19.8. The van der Waals surface area contributed by atoms with Crippen LogP contribution in [0.25, 0.3) is 0 Å². The van der Waals surface area contributed by atoms with Crippen molar-refractivity contribution in [2.45, 2.75) is 32.9 Å². The van der Waals surface area contributed by atoms with E-state index in [0.29, 0.717) is 11.1 Å². The monoisotopic (exact) mass is 483 g/mol. The van der Waals surface area contributed by atoms with E-state index in [1.807, 2.05) is 38.1 Å². The maximum atomic E-state index is 14.4. The van der Waals surface area contributed by atoms with Crippen LogP contribution in [0.1, 0.15) is 46.4 Å². The summed E-state index contributed by atoms with van der Waals surface area (Å²) in [7, 11) is -1.15. The predicted octanol–water partition coefficient (Wildman–Crippen LogP) is 4.83. The Kier molecular flexibility index (Phi) is 8.06. The summed E-state index contributed by atoms with van der Waals surface area (Å²) in [6.07, 6.45) is 0.743. The second kappa shape index (κ2) is 10.8. The maximum Gasteiger partial charge on any atom is 0.303 e. The number of hydrogen-bond donors (Lipinski definition) is 1. The number of carbonyl (C=O) groups is 1. The Labute approximate surface area is 201 Å². The number of nitrogens with zero attached hydrogens (tertiary/aromatic N) is 2. The fourth-order valence-corrected chi connectivity index (χ4v) is 4.63. The number of carbonyl (C=O) groups excluding carboxylic acids is 1. The Balaban J connectivity index is 1.80. The lowest BCUT2D eigenvalue weighted by atomic mass is 10.0. The van der Waals surface area contributed by atoms with Crippen molar-refractivity contribution in [2.24, 2.45) is 0 Å². The molecule has 34 heavy (non-hydrogen) atoms. The Morgan fingerprint density at radius 3 is 2.15 bits per heavy atom. The van der Waals surface area contributed by atoms with Gasteiger partial charge in [0.2, 0.25) is 0 Å². The standard InChI is InChI=1S/C26H30FN3O3S/c1-5-24(21-14-10-19(2)11-15-21)28-26(31)22-16-12-20(13-17-22)18-30(34(32,33)29(3)4)25-9-7-6-8-23(25)27/h6-17,24H,5,18H2,1-4H3,(H,28,31). The molecule has 1 unspecified atom stereocenters. The zero-order chi connectivity index (χ0) is 24.9. The van der Waals surface area contributed by atoms with E-state index in [1.165, 1.54) is 32.3 Å². The molecule has 0 aliphatic rings. The first-order valence-electron chi connectivity index (χ1n) is 11.0. The molecule has 1 atom stereocenters. The Morgan fingerprint density at radius 2 is 1.59 bits per heavy atom. The van der Waals surface area contributed by atoms with Crippen molar-refractivity contribution in [3.05, 3.63) is 101 Å². The number of hydrogen-bond acceptors (Lipinski definition) is 3. The van der Waals surface area contributed by atoms with Crippen LogP contribution in [0.4, 0.5) is 10.1 Å². The molecule has 0 spiro atoms. The predicted molar refractivity (Wildman–Crippen MR) is 133 cm³/mol. The second-order valence-corrected chi connectivity index (χ2v) is 10.4. The molecule has 0 aromatic heterocycles. The van der Waals surface area contributed by atoms with E-state index in [2.05, 4.69) is 5.32 Å². The summed E-state index contributed by atoms with van der Waals surface area (Å²) in [5.74, 6) is -0.850. The smallest absolute Gasteiger partial charge is 0.303 e. The number of halogens is 1. The molecule has 0 bridgehead atoms. The molecule has 3 rings (SSSR count). The summed E-state index contributed by atoms with van der Waals surface area (Å²) in [6.45, 7) is 3.95. The number of rotatable bonds is 9. The van der Waals surface area contributed by atoms with Crippen LogP contribution in [-0.2, 0) is 16.8 Å². The number of aryl methyl sites for hydroxylation is 1. The molecule has 0 saturated heterocycles. The zero-order valence-corrected chi connectivity index (χ0v) is 20.6. The highest BCUT2D eigenvalue weighted by Gasteiger charge is 2.27. The molecule has 0 radical (unpaired) electrons. The minimum Gasteiger partial charge on any atom is -0.345 e. The summed E-state index contributed by atoms with van der Waals surface area (Å²) in [5, 5.41) is 3.05. The molecule has 1 amide bonds. The molecule has 0 aliphatic carbocycles. The van der Waals surface area contributed by atoms with Gasteiger partial charge in [0.25, 0.3) is 5.91 Å². The van der Waals surface area contributed by atoms with Crippen LogP contribution in [0.5, 0.6) is 0 Å². The molecule has 180 valence electrons. The van der Waals surface area contributed by atoms with E-state index in [9.17, 15) is 17.6 Å². The van der Waals surface area contributed by atoms with Gasteiger partial charge in [-0.25, -0.2) is 4.39 Å². The van der Waals surface area contributed by atoms with Crippen molar-refractivity contribution in [1.82, 2.24) is 9.62 Å². The van der Waals surface area contributed by atoms with Crippen LogP contribution in [0.15, 0.2) is 72.8 Å². The SMILES string of the molecule is CCC(NC(=O)c1ccc(CN(c2ccccc2F)S(=O)(=O)N(C)C)cc1)c1ccc(C)cc1. The third-order valence-electron chi connectivity index (χ3n) is 5.60. The number of para-hydroxylation sites is 1. The molecular formula is C26H30FN3O3S. The van der Waals surface area contributed by atoms with E-state index in [4.69, 9.17) is 0 Å². The Morgan fingerprint density at radius 1 is 0.971 bits per heavy atom. The Hall–Kier alpha value is -3.23. The first kappa shape index (κ1) is 25.4. The van der Waals surface area contributed by atoms with Crippen LogP contribution in [0.3, 0.4) is 0 Å². The van der Waals surface area contributed by atoms with Crippen molar-refractivity contribution in [3.63, 3.8) is 0 Å². The molecule has 0 fully saturated rings. The minimum atomic E-state index is -3.94. The maximum absolute atomic E-state index is 14.4. The molecular weight excluding hydrogens is 453 g/mol. The van der Waals surface area contributed by atoms with Crippen LogP contribution in [0, 0.1) is 12.7 Å². The lowest BCUT2D eigenvalue weighted by molar-refractivity contribution is 0.0935. The largest absolute Gasteiger partial charge is 0.345 e. The first-order valence-corrected chi connectivity index (χ1v) is 12.4. The van der Waals surface area contributed by atoms with Gasteiger partial charge in [-0.2, -0.15) is 12.7 Å². The second-order valence-electron chi connectivity index (χ2n) is 8.29. The summed E-state index contributed by atoms with van der Waals surface area (Å²) in [4.78, 5) is 12.8. The molecule has 0 saturated carbocycles. The van der Waals surface area contributed by atoms with E-state index >= 15 is 0 Å². The molecule has 0 aliphatic heterocycles. The molecule has 1 N–H and O–H groups in total. The quantitative estimate of drug-likeness (QED) is 0.474. The van der Waals surface area contributed by atoms with Crippen LogP contribution < -0.4 is 9.62 Å². The fraction of sp³-hybridized carbons (Fsp3) is 0.269. The van der Waals surface area contributed by atoms with Crippen molar-refractivity contribution in [1.29, 1.82) is 0 Å². The molecule has 0 heterocycles. The lowest BCUT2D eigenvalue weighted by Crippen LogP contribution is -2.40. The highest BCUT2D eigenvalue weighted by molar-refractivity contribution is 7.90.